The minimum Gasteiger partial charge on any atom is -0.505 e. The highest BCUT2D eigenvalue weighted by molar-refractivity contribution is 7.86. The van der Waals surface area contributed by atoms with Gasteiger partial charge in [0.05, 0.1) is 11.0 Å². The molecular weight excluding hydrogens is 633 g/mol. The second-order valence-corrected chi connectivity index (χ2v) is 12.1. The van der Waals surface area contributed by atoms with Crippen LogP contribution in [-0.4, -0.2) is 46.9 Å². The molecule has 0 aliphatic carbocycles. The van der Waals surface area contributed by atoms with Crippen LogP contribution < -0.4 is 5.32 Å². The summed E-state index contributed by atoms with van der Waals surface area (Å²) in [7, 11) is -9.71. The van der Waals surface area contributed by atoms with E-state index in [0.29, 0.717) is 11.0 Å². The standard InChI is InChI=1S/C25H15Cl2N5O8S2/c26-23-24(27)30-18-10-12(5-8-16(18)29-23)25(34)28-14-6-7-15-13(9-14)11-20(42(38,39)40)21(22(15)33)32-31-17-3-1-2-4-19(17)41(35,36)37/h1-11,33H,(H,28,34)(H,35,36,37)(H,38,39,40). The Morgan fingerprint density at radius 1 is 0.786 bits per heavy atom. The van der Waals surface area contributed by atoms with Gasteiger partial charge in [0.25, 0.3) is 26.1 Å². The lowest BCUT2D eigenvalue weighted by atomic mass is 10.1. The highest BCUT2D eigenvalue weighted by Crippen LogP contribution is 2.42. The normalized spacial score (nSPS) is 12.3. The fraction of sp³-hybridized carbons (Fsp3) is 0. The Balaban J connectivity index is 1.53. The molecule has 0 aliphatic rings. The maximum absolute atomic E-state index is 12.9. The van der Waals surface area contributed by atoms with Crippen LogP contribution in [0.15, 0.2) is 86.7 Å². The largest absolute Gasteiger partial charge is 0.505 e. The van der Waals surface area contributed by atoms with Gasteiger partial charge in [-0.25, -0.2) is 9.97 Å². The molecule has 0 saturated carbocycles. The topological polar surface area (TPSA) is 209 Å². The number of rotatable bonds is 6. The van der Waals surface area contributed by atoms with Crippen LogP contribution in [-0.2, 0) is 20.2 Å². The van der Waals surface area contributed by atoms with Crippen LogP contribution in [0.4, 0.5) is 17.1 Å². The smallest absolute Gasteiger partial charge is 0.296 e. The van der Waals surface area contributed by atoms with Gasteiger partial charge in [-0.15, -0.1) is 10.2 Å². The first-order valence-electron chi connectivity index (χ1n) is 11.4. The van der Waals surface area contributed by atoms with Crippen molar-refractivity contribution in [3.05, 3.63) is 82.6 Å². The van der Waals surface area contributed by atoms with E-state index in [4.69, 9.17) is 23.2 Å². The summed E-state index contributed by atoms with van der Waals surface area (Å²) in [6, 6.07) is 14.5. The number of hydrogen-bond acceptors (Lipinski definition) is 10. The summed E-state index contributed by atoms with van der Waals surface area (Å²) in [6.45, 7) is 0. The number of carbonyl (C=O) groups excluding carboxylic acids is 1. The first-order chi connectivity index (χ1) is 19.7. The zero-order valence-electron chi connectivity index (χ0n) is 20.6. The van der Waals surface area contributed by atoms with Gasteiger partial charge >= 0.3 is 0 Å². The Kier molecular flexibility index (Phi) is 7.57. The Bertz CT molecular complexity index is 2190. The molecule has 4 N–H and O–H groups in total. The molecule has 5 rings (SSSR count). The Hall–Kier alpha value is -4.25. The summed E-state index contributed by atoms with van der Waals surface area (Å²) in [5.74, 6) is -1.28. The molecule has 42 heavy (non-hydrogen) atoms. The summed E-state index contributed by atoms with van der Waals surface area (Å²) in [4.78, 5) is 19.6. The first kappa shape index (κ1) is 29.2. The SMILES string of the molecule is O=C(Nc1ccc2c(O)c(N=Nc3ccccc3S(=O)(=O)O)c(S(=O)(=O)O)cc2c1)c1ccc2nc(Cl)c(Cl)nc2c1. The Morgan fingerprint density at radius 3 is 2.14 bits per heavy atom. The summed E-state index contributed by atoms with van der Waals surface area (Å²) in [5, 5.41) is 21.0. The number of azo groups is 1. The lowest BCUT2D eigenvalue weighted by Crippen LogP contribution is -2.12. The van der Waals surface area contributed by atoms with Crippen molar-refractivity contribution >= 4 is 88.2 Å². The van der Waals surface area contributed by atoms with E-state index in [1.54, 1.807) is 0 Å². The predicted molar refractivity (Wildman–Crippen MR) is 153 cm³/mol. The number of carbonyl (C=O) groups is 1. The number of halogens is 2. The number of aromatic hydroxyl groups is 1. The first-order valence-corrected chi connectivity index (χ1v) is 15.1. The van der Waals surface area contributed by atoms with E-state index in [-0.39, 0.29) is 38.0 Å². The molecule has 1 heterocycles. The molecule has 5 aromatic rings. The van der Waals surface area contributed by atoms with Crippen molar-refractivity contribution in [3.8, 4) is 5.75 Å². The number of amides is 1. The number of hydrogen-bond donors (Lipinski definition) is 4. The molecule has 17 heteroatoms. The minimum atomic E-state index is -5.00. The van der Waals surface area contributed by atoms with Gasteiger partial charge in [0.15, 0.2) is 16.1 Å². The van der Waals surface area contributed by atoms with Gasteiger partial charge in [-0.05, 0) is 60.0 Å². The van der Waals surface area contributed by atoms with E-state index in [1.807, 2.05) is 0 Å². The third-order valence-electron chi connectivity index (χ3n) is 5.83. The zero-order valence-corrected chi connectivity index (χ0v) is 23.7. The van der Waals surface area contributed by atoms with Gasteiger partial charge in [-0.1, -0.05) is 35.3 Å². The number of phenolic OH excluding ortho intramolecular Hbond substituents is 1. The lowest BCUT2D eigenvalue weighted by Gasteiger charge is -2.11. The van der Waals surface area contributed by atoms with Crippen LogP contribution in [0.2, 0.25) is 10.3 Å². The highest BCUT2D eigenvalue weighted by atomic mass is 35.5. The fourth-order valence-electron chi connectivity index (χ4n) is 3.94. The molecule has 13 nitrogen and oxygen atoms in total. The summed E-state index contributed by atoms with van der Waals surface area (Å²) >= 11 is 11.8. The molecule has 0 atom stereocenters. The van der Waals surface area contributed by atoms with Crippen LogP contribution in [0.5, 0.6) is 5.75 Å². The number of nitrogens with zero attached hydrogens (tertiary/aromatic N) is 4. The maximum Gasteiger partial charge on any atom is 0.296 e. The molecule has 214 valence electrons. The molecule has 0 fully saturated rings. The monoisotopic (exact) mass is 647 g/mol. The van der Waals surface area contributed by atoms with Crippen LogP contribution in [0, 0.1) is 0 Å². The van der Waals surface area contributed by atoms with Gasteiger partial charge in [0.2, 0.25) is 0 Å². The molecule has 1 aromatic heterocycles. The average Bonchev–Trinajstić information content (AvgIpc) is 2.92. The average molecular weight is 648 g/mol. The predicted octanol–water partition coefficient (Wildman–Crippen LogP) is 5.96. The number of fused-ring (bicyclic) bond motifs is 2. The quantitative estimate of drug-likeness (QED) is 0.125. The number of benzene rings is 4. The number of nitrogens with one attached hydrogen (secondary N) is 1. The second kappa shape index (κ2) is 10.9. The Morgan fingerprint density at radius 2 is 1.45 bits per heavy atom. The van der Waals surface area contributed by atoms with E-state index in [1.165, 1.54) is 54.6 Å². The fourth-order valence-corrected chi connectivity index (χ4v) is 5.49. The summed E-state index contributed by atoms with van der Waals surface area (Å²) < 4.78 is 66.9. The highest BCUT2D eigenvalue weighted by Gasteiger charge is 2.23. The van der Waals surface area contributed by atoms with Gasteiger partial charge < -0.3 is 10.4 Å². The van der Waals surface area contributed by atoms with E-state index in [2.05, 4.69) is 25.5 Å². The van der Waals surface area contributed by atoms with Crippen LogP contribution in [0.3, 0.4) is 0 Å². The molecule has 0 radical (unpaired) electrons. The molecule has 0 aliphatic heterocycles. The van der Waals surface area contributed by atoms with Crippen molar-refractivity contribution in [2.75, 3.05) is 5.32 Å². The van der Waals surface area contributed by atoms with Crippen molar-refractivity contribution in [1.82, 2.24) is 9.97 Å². The molecule has 0 saturated heterocycles. The third kappa shape index (κ3) is 5.87. The van der Waals surface area contributed by atoms with Crippen molar-refractivity contribution in [1.29, 1.82) is 0 Å². The third-order valence-corrected chi connectivity index (χ3v) is 8.22. The zero-order chi connectivity index (χ0) is 30.4. The molecular formula is C25H15Cl2N5O8S2. The van der Waals surface area contributed by atoms with Crippen molar-refractivity contribution in [2.24, 2.45) is 10.2 Å². The van der Waals surface area contributed by atoms with Gasteiger partial charge in [0, 0.05) is 16.6 Å². The Labute approximate surface area is 247 Å². The van der Waals surface area contributed by atoms with E-state index in [0.717, 1.165) is 12.1 Å². The van der Waals surface area contributed by atoms with Crippen molar-refractivity contribution in [2.45, 2.75) is 9.79 Å². The number of phenols is 1. The van der Waals surface area contributed by atoms with E-state index in [9.17, 15) is 35.8 Å². The number of aromatic nitrogens is 2. The molecule has 1 amide bonds. The molecule has 0 unspecified atom stereocenters. The van der Waals surface area contributed by atoms with Gasteiger partial charge in [0.1, 0.15) is 21.2 Å². The van der Waals surface area contributed by atoms with Crippen molar-refractivity contribution < 1.29 is 35.8 Å². The summed E-state index contributed by atoms with van der Waals surface area (Å²) in [6.07, 6.45) is 0. The van der Waals surface area contributed by atoms with Gasteiger partial charge in [-0.2, -0.15) is 16.8 Å². The number of anilines is 1. The summed E-state index contributed by atoms with van der Waals surface area (Å²) in [5.41, 5.74) is 0.0722. The minimum absolute atomic E-state index is 0.0117. The van der Waals surface area contributed by atoms with E-state index < -0.39 is 47.4 Å². The lowest BCUT2D eigenvalue weighted by molar-refractivity contribution is 0.102. The second-order valence-electron chi connectivity index (χ2n) is 8.59. The van der Waals surface area contributed by atoms with Gasteiger partial charge in [-0.3, -0.25) is 13.9 Å². The molecule has 0 bridgehead atoms. The molecule has 0 spiro atoms. The van der Waals surface area contributed by atoms with Crippen molar-refractivity contribution in [3.63, 3.8) is 0 Å². The maximum atomic E-state index is 12.9. The van der Waals surface area contributed by atoms with Crippen LogP contribution >= 0.6 is 23.2 Å². The van der Waals surface area contributed by atoms with Crippen LogP contribution in [0.25, 0.3) is 21.8 Å². The molecule has 4 aromatic carbocycles. The van der Waals surface area contributed by atoms with Crippen LogP contribution in [0.1, 0.15) is 10.4 Å². The van der Waals surface area contributed by atoms with E-state index >= 15 is 0 Å².